The zero-order valence-corrected chi connectivity index (χ0v) is 14.8. The van der Waals surface area contributed by atoms with E-state index in [0.29, 0.717) is 17.9 Å². The second kappa shape index (κ2) is 7.01. The Kier molecular flexibility index (Phi) is 4.40. The third kappa shape index (κ3) is 3.06. The summed E-state index contributed by atoms with van der Waals surface area (Å²) in [5.41, 5.74) is 2.31. The molecular weight excluding hydrogens is 348 g/mol. The quantitative estimate of drug-likeness (QED) is 0.551. The standard InChI is InChI=1S/C18H16N6OS/c1-26-18-19-9-11-23(18)14-7-5-13(6-8-14)17(25)20-12-16-22-21-15-4-2-3-10-24(15)16/h2-11H,12H2,1H3,(H,20,25). The minimum absolute atomic E-state index is 0.153. The first-order chi connectivity index (χ1) is 12.8. The molecule has 7 nitrogen and oxygen atoms in total. The SMILES string of the molecule is CSc1nccn1-c1ccc(C(=O)NCc2nnc3ccccn23)cc1. The van der Waals surface area contributed by atoms with Crippen molar-refractivity contribution in [1.29, 1.82) is 0 Å². The van der Waals surface area contributed by atoms with Gasteiger partial charge in [0.2, 0.25) is 0 Å². The van der Waals surface area contributed by atoms with Gasteiger partial charge >= 0.3 is 0 Å². The fourth-order valence-corrected chi connectivity index (χ4v) is 3.21. The highest BCUT2D eigenvalue weighted by Crippen LogP contribution is 2.18. The largest absolute Gasteiger partial charge is 0.345 e. The topological polar surface area (TPSA) is 77.1 Å². The van der Waals surface area contributed by atoms with Gasteiger partial charge in [-0.15, -0.1) is 10.2 Å². The van der Waals surface area contributed by atoms with Crippen LogP contribution in [0.2, 0.25) is 0 Å². The minimum Gasteiger partial charge on any atom is -0.345 e. The van der Waals surface area contributed by atoms with Crippen molar-refractivity contribution in [2.45, 2.75) is 11.7 Å². The predicted molar refractivity (Wildman–Crippen MR) is 99.5 cm³/mol. The first kappa shape index (κ1) is 16.3. The lowest BCUT2D eigenvalue weighted by Gasteiger charge is -2.08. The van der Waals surface area contributed by atoms with Crippen LogP contribution >= 0.6 is 11.8 Å². The van der Waals surface area contributed by atoms with Crippen molar-refractivity contribution in [2.75, 3.05) is 6.26 Å². The van der Waals surface area contributed by atoms with Gasteiger partial charge in [0, 0.05) is 29.8 Å². The number of pyridine rings is 1. The monoisotopic (exact) mass is 364 g/mol. The fraction of sp³-hybridized carbons (Fsp3) is 0.111. The molecule has 0 bridgehead atoms. The molecule has 0 saturated carbocycles. The molecule has 1 aromatic carbocycles. The van der Waals surface area contributed by atoms with Crippen LogP contribution in [-0.2, 0) is 6.54 Å². The van der Waals surface area contributed by atoms with E-state index in [2.05, 4.69) is 20.5 Å². The van der Waals surface area contributed by atoms with Crippen LogP contribution in [0.15, 0.2) is 66.2 Å². The maximum absolute atomic E-state index is 12.4. The number of hydrogen-bond acceptors (Lipinski definition) is 5. The number of nitrogens with one attached hydrogen (secondary N) is 1. The summed E-state index contributed by atoms with van der Waals surface area (Å²) in [5.74, 6) is 0.536. The van der Waals surface area contributed by atoms with Crippen LogP contribution in [0.5, 0.6) is 0 Å². The molecule has 3 heterocycles. The Balaban J connectivity index is 1.47. The summed E-state index contributed by atoms with van der Waals surface area (Å²) < 4.78 is 3.83. The lowest BCUT2D eigenvalue weighted by Crippen LogP contribution is -2.24. The van der Waals surface area contributed by atoms with E-state index in [0.717, 1.165) is 16.5 Å². The van der Waals surface area contributed by atoms with Crippen LogP contribution in [0.3, 0.4) is 0 Å². The van der Waals surface area contributed by atoms with E-state index in [4.69, 9.17) is 0 Å². The highest BCUT2D eigenvalue weighted by atomic mass is 32.2. The Morgan fingerprint density at radius 2 is 1.96 bits per heavy atom. The highest BCUT2D eigenvalue weighted by molar-refractivity contribution is 7.98. The predicted octanol–water partition coefficient (Wildman–Crippen LogP) is 2.57. The minimum atomic E-state index is -0.153. The van der Waals surface area contributed by atoms with Crippen LogP contribution in [0.25, 0.3) is 11.3 Å². The molecule has 4 aromatic rings. The average Bonchev–Trinajstić information content (AvgIpc) is 3.33. The van der Waals surface area contributed by atoms with Crippen molar-refractivity contribution in [1.82, 2.24) is 29.5 Å². The zero-order valence-electron chi connectivity index (χ0n) is 14.0. The maximum atomic E-state index is 12.4. The molecule has 4 rings (SSSR count). The van der Waals surface area contributed by atoms with Crippen molar-refractivity contribution in [3.8, 4) is 5.69 Å². The van der Waals surface area contributed by atoms with Crippen molar-refractivity contribution in [3.63, 3.8) is 0 Å². The lowest BCUT2D eigenvalue weighted by atomic mass is 10.2. The second-order valence-corrected chi connectivity index (χ2v) is 6.33. The first-order valence-corrected chi connectivity index (χ1v) is 9.23. The van der Waals surface area contributed by atoms with Crippen LogP contribution in [0, 0.1) is 0 Å². The third-order valence-corrected chi connectivity index (χ3v) is 4.66. The number of nitrogens with zero attached hydrogens (tertiary/aromatic N) is 5. The van der Waals surface area contributed by atoms with Crippen molar-refractivity contribution >= 4 is 23.3 Å². The van der Waals surface area contributed by atoms with Gasteiger partial charge in [0.05, 0.1) is 6.54 Å². The summed E-state index contributed by atoms with van der Waals surface area (Å²) in [5, 5.41) is 12.0. The molecule has 1 N–H and O–H groups in total. The zero-order chi connectivity index (χ0) is 17.9. The van der Waals surface area contributed by atoms with Gasteiger partial charge < -0.3 is 5.32 Å². The molecule has 3 aromatic heterocycles. The van der Waals surface area contributed by atoms with Crippen LogP contribution < -0.4 is 5.32 Å². The van der Waals surface area contributed by atoms with Crippen molar-refractivity contribution < 1.29 is 4.79 Å². The van der Waals surface area contributed by atoms with E-state index in [1.807, 2.05) is 57.9 Å². The lowest BCUT2D eigenvalue weighted by molar-refractivity contribution is 0.0950. The number of amides is 1. The van der Waals surface area contributed by atoms with Crippen molar-refractivity contribution in [3.05, 3.63) is 72.4 Å². The van der Waals surface area contributed by atoms with Gasteiger partial charge in [-0.1, -0.05) is 17.8 Å². The number of imidazole rings is 1. The molecule has 26 heavy (non-hydrogen) atoms. The van der Waals surface area contributed by atoms with E-state index >= 15 is 0 Å². The Hall–Kier alpha value is -3.13. The molecule has 0 aliphatic heterocycles. The molecule has 0 spiro atoms. The van der Waals surface area contributed by atoms with E-state index < -0.39 is 0 Å². The third-order valence-electron chi connectivity index (χ3n) is 3.99. The first-order valence-electron chi connectivity index (χ1n) is 8.01. The van der Waals surface area contributed by atoms with E-state index in [1.165, 1.54) is 0 Å². The molecule has 130 valence electrons. The number of fused-ring (bicyclic) bond motifs is 1. The average molecular weight is 364 g/mol. The summed E-state index contributed by atoms with van der Waals surface area (Å²) >= 11 is 1.57. The summed E-state index contributed by atoms with van der Waals surface area (Å²) in [4.78, 5) is 16.7. The van der Waals surface area contributed by atoms with Gasteiger partial charge in [-0.25, -0.2) is 4.98 Å². The number of rotatable bonds is 5. The van der Waals surface area contributed by atoms with Crippen LogP contribution in [0.1, 0.15) is 16.2 Å². The smallest absolute Gasteiger partial charge is 0.251 e. The second-order valence-electron chi connectivity index (χ2n) is 5.56. The molecule has 0 atom stereocenters. The van der Waals surface area contributed by atoms with E-state index in [9.17, 15) is 4.79 Å². The van der Waals surface area contributed by atoms with Gasteiger partial charge in [-0.05, 0) is 42.7 Å². The molecule has 0 unspecified atom stereocenters. The summed E-state index contributed by atoms with van der Waals surface area (Å²) in [6, 6.07) is 13.1. The molecule has 8 heteroatoms. The number of carbonyl (C=O) groups is 1. The molecule has 0 saturated heterocycles. The van der Waals surface area contributed by atoms with Crippen LogP contribution in [0.4, 0.5) is 0 Å². The summed E-state index contributed by atoms with van der Waals surface area (Å²) in [6.45, 7) is 0.309. The summed E-state index contributed by atoms with van der Waals surface area (Å²) in [6.07, 6.45) is 7.52. The van der Waals surface area contributed by atoms with Gasteiger partial charge in [0.1, 0.15) is 0 Å². The molecular formula is C18H16N6OS. The van der Waals surface area contributed by atoms with Crippen LogP contribution in [-0.4, -0.2) is 36.3 Å². The maximum Gasteiger partial charge on any atom is 0.251 e. The van der Waals surface area contributed by atoms with Gasteiger partial charge in [-0.3, -0.25) is 13.8 Å². The Bertz CT molecular complexity index is 1050. The fourth-order valence-electron chi connectivity index (χ4n) is 2.68. The van der Waals surface area contributed by atoms with Gasteiger partial charge in [-0.2, -0.15) is 0 Å². The Morgan fingerprint density at radius 3 is 2.77 bits per heavy atom. The van der Waals surface area contributed by atoms with E-state index in [-0.39, 0.29) is 5.91 Å². The van der Waals surface area contributed by atoms with E-state index in [1.54, 1.807) is 30.1 Å². The van der Waals surface area contributed by atoms with Gasteiger partial charge in [0.15, 0.2) is 16.6 Å². The van der Waals surface area contributed by atoms with Gasteiger partial charge in [0.25, 0.3) is 5.91 Å². The highest BCUT2D eigenvalue weighted by Gasteiger charge is 2.10. The normalized spacial score (nSPS) is 11.0. The molecule has 1 amide bonds. The number of hydrogen-bond donors (Lipinski definition) is 1. The Morgan fingerprint density at radius 1 is 1.12 bits per heavy atom. The number of carbonyl (C=O) groups excluding carboxylic acids is 1. The number of benzene rings is 1. The number of aromatic nitrogens is 5. The molecule has 0 aliphatic rings. The molecule has 0 aliphatic carbocycles. The summed E-state index contributed by atoms with van der Waals surface area (Å²) in [7, 11) is 0. The Labute approximate surface area is 154 Å². The van der Waals surface area contributed by atoms with Crippen molar-refractivity contribution in [2.24, 2.45) is 0 Å². The molecule has 0 fully saturated rings. The molecule has 0 radical (unpaired) electrons. The number of thioether (sulfide) groups is 1.